The van der Waals surface area contributed by atoms with E-state index in [-0.39, 0.29) is 18.4 Å². The number of para-hydroxylation sites is 1. The molecule has 33 heavy (non-hydrogen) atoms. The van der Waals surface area contributed by atoms with Crippen LogP contribution in [0.5, 0.6) is 5.75 Å². The monoisotopic (exact) mass is 447 g/mol. The molecule has 172 valence electrons. The van der Waals surface area contributed by atoms with Gasteiger partial charge < -0.3 is 15.4 Å². The van der Waals surface area contributed by atoms with Crippen LogP contribution in [0.1, 0.15) is 28.6 Å². The van der Waals surface area contributed by atoms with Gasteiger partial charge in [-0.3, -0.25) is 14.5 Å². The predicted octanol–water partition coefficient (Wildman–Crippen LogP) is 2.92. The average Bonchev–Trinajstić information content (AvgIpc) is 3.08. The molecule has 0 bridgehead atoms. The topological polar surface area (TPSA) is 88.5 Å². The van der Waals surface area contributed by atoms with Crippen molar-refractivity contribution in [2.45, 2.75) is 26.8 Å². The minimum atomic E-state index is -0.596. The fourth-order valence-electron chi connectivity index (χ4n) is 4.36. The highest BCUT2D eigenvalue weighted by Crippen LogP contribution is 2.31. The first kappa shape index (κ1) is 22.5. The van der Waals surface area contributed by atoms with Crippen LogP contribution in [0.15, 0.2) is 48.5 Å². The van der Waals surface area contributed by atoms with Crippen LogP contribution in [0, 0.1) is 20.8 Å². The summed E-state index contributed by atoms with van der Waals surface area (Å²) >= 11 is 0. The number of ether oxygens (including phenoxy) is 1. The Morgan fingerprint density at radius 3 is 2.67 bits per heavy atom. The molecule has 2 heterocycles. The van der Waals surface area contributed by atoms with Crippen molar-refractivity contribution in [3.8, 4) is 11.4 Å². The lowest BCUT2D eigenvalue weighted by atomic mass is 10.00. The Balaban J connectivity index is 1.61. The van der Waals surface area contributed by atoms with E-state index in [1.165, 1.54) is 0 Å². The van der Waals surface area contributed by atoms with Gasteiger partial charge in [0.05, 0.1) is 30.7 Å². The van der Waals surface area contributed by atoms with Gasteiger partial charge in [0.1, 0.15) is 11.8 Å². The number of nitrogens with zero attached hydrogens (tertiary/aromatic N) is 3. The van der Waals surface area contributed by atoms with E-state index in [2.05, 4.69) is 10.6 Å². The van der Waals surface area contributed by atoms with Crippen LogP contribution in [-0.2, 0) is 9.59 Å². The number of benzene rings is 2. The van der Waals surface area contributed by atoms with Crippen molar-refractivity contribution in [2.75, 3.05) is 32.1 Å². The Hall–Kier alpha value is -3.65. The van der Waals surface area contributed by atoms with Crippen molar-refractivity contribution < 1.29 is 14.3 Å². The average molecular weight is 448 g/mol. The van der Waals surface area contributed by atoms with Crippen molar-refractivity contribution in [2.24, 2.45) is 0 Å². The lowest BCUT2D eigenvalue weighted by Gasteiger charge is -2.34. The molecular weight excluding hydrogens is 418 g/mol. The number of nitrogens with one attached hydrogen (secondary N) is 2. The summed E-state index contributed by atoms with van der Waals surface area (Å²) in [6.45, 7) is 6.94. The minimum Gasteiger partial charge on any atom is -0.495 e. The molecule has 1 aliphatic rings. The number of aromatic nitrogens is 2. The first-order chi connectivity index (χ1) is 15.9. The lowest BCUT2D eigenvalue weighted by Crippen LogP contribution is -2.52. The molecule has 1 saturated heterocycles. The van der Waals surface area contributed by atoms with Crippen LogP contribution in [0.2, 0.25) is 0 Å². The summed E-state index contributed by atoms with van der Waals surface area (Å²) in [5, 5.41) is 10.6. The number of amides is 2. The zero-order chi connectivity index (χ0) is 23.5. The van der Waals surface area contributed by atoms with E-state index in [0.29, 0.717) is 24.5 Å². The molecule has 8 nitrogen and oxygen atoms in total. The van der Waals surface area contributed by atoms with Crippen LogP contribution >= 0.6 is 0 Å². The number of anilines is 1. The van der Waals surface area contributed by atoms with Gasteiger partial charge in [0.2, 0.25) is 11.8 Å². The van der Waals surface area contributed by atoms with Crippen molar-refractivity contribution >= 4 is 17.5 Å². The molecule has 1 aromatic heterocycles. The van der Waals surface area contributed by atoms with Crippen LogP contribution in [0.3, 0.4) is 0 Å². The van der Waals surface area contributed by atoms with Gasteiger partial charge in [0.25, 0.3) is 0 Å². The number of hydrogen-bond acceptors (Lipinski definition) is 5. The van der Waals surface area contributed by atoms with Crippen LogP contribution in [0.4, 0.5) is 5.69 Å². The number of aryl methyl sites for hydroxylation is 2. The number of rotatable bonds is 6. The van der Waals surface area contributed by atoms with E-state index >= 15 is 0 Å². The summed E-state index contributed by atoms with van der Waals surface area (Å²) in [5.41, 5.74) is 5.04. The molecule has 3 aromatic rings. The highest BCUT2D eigenvalue weighted by molar-refractivity contribution is 5.94. The normalized spacial score (nSPS) is 16.4. The smallest absolute Gasteiger partial charge is 0.242 e. The predicted molar refractivity (Wildman–Crippen MR) is 127 cm³/mol. The molecule has 2 N–H and O–H groups in total. The van der Waals surface area contributed by atoms with E-state index in [0.717, 1.165) is 28.2 Å². The van der Waals surface area contributed by atoms with E-state index in [1.807, 2.05) is 78.9 Å². The molecule has 1 fully saturated rings. The first-order valence-corrected chi connectivity index (χ1v) is 11.0. The number of piperazine rings is 1. The molecule has 0 aliphatic carbocycles. The maximum Gasteiger partial charge on any atom is 0.242 e. The summed E-state index contributed by atoms with van der Waals surface area (Å²) in [4.78, 5) is 27.9. The van der Waals surface area contributed by atoms with E-state index in [4.69, 9.17) is 9.84 Å². The molecule has 2 amide bonds. The summed E-state index contributed by atoms with van der Waals surface area (Å²) < 4.78 is 7.22. The Kier molecular flexibility index (Phi) is 6.46. The second-order valence-electron chi connectivity index (χ2n) is 8.25. The molecule has 4 rings (SSSR count). The third-order valence-corrected chi connectivity index (χ3v) is 5.91. The number of hydrogen-bond donors (Lipinski definition) is 2. The largest absolute Gasteiger partial charge is 0.495 e. The van der Waals surface area contributed by atoms with Gasteiger partial charge in [-0.2, -0.15) is 5.10 Å². The summed E-state index contributed by atoms with van der Waals surface area (Å²) in [7, 11) is 1.57. The Bertz CT molecular complexity index is 1170. The molecule has 1 aliphatic heterocycles. The highest BCUT2D eigenvalue weighted by Gasteiger charge is 2.36. The van der Waals surface area contributed by atoms with Gasteiger partial charge in [-0.05, 0) is 50.6 Å². The molecule has 0 radical (unpaired) electrons. The molecule has 0 spiro atoms. The SMILES string of the molecule is COc1ccc(C)cc1NC(=O)CN1CCNC(=O)[C@H]1c1c(C)nn(-c2ccccc2)c1C. The van der Waals surface area contributed by atoms with Gasteiger partial charge in [0, 0.05) is 24.3 Å². The first-order valence-electron chi connectivity index (χ1n) is 11.0. The fraction of sp³-hybridized carbons (Fsp3) is 0.320. The zero-order valence-corrected chi connectivity index (χ0v) is 19.4. The zero-order valence-electron chi connectivity index (χ0n) is 19.4. The Morgan fingerprint density at radius 1 is 1.18 bits per heavy atom. The fourth-order valence-corrected chi connectivity index (χ4v) is 4.36. The molecule has 0 unspecified atom stereocenters. The second-order valence-corrected chi connectivity index (χ2v) is 8.25. The Morgan fingerprint density at radius 2 is 1.94 bits per heavy atom. The molecule has 1 atom stereocenters. The number of methoxy groups -OCH3 is 1. The van der Waals surface area contributed by atoms with Crippen LogP contribution in [0.25, 0.3) is 5.69 Å². The minimum absolute atomic E-state index is 0.0740. The van der Waals surface area contributed by atoms with Gasteiger partial charge >= 0.3 is 0 Å². The van der Waals surface area contributed by atoms with Gasteiger partial charge in [-0.15, -0.1) is 0 Å². The van der Waals surface area contributed by atoms with E-state index in [9.17, 15) is 9.59 Å². The summed E-state index contributed by atoms with van der Waals surface area (Å²) in [6, 6.07) is 14.8. The van der Waals surface area contributed by atoms with Crippen molar-refractivity contribution in [3.05, 3.63) is 71.0 Å². The van der Waals surface area contributed by atoms with Crippen molar-refractivity contribution in [1.82, 2.24) is 20.0 Å². The van der Waals surface area contributed by atoms with Crippen molar-refractivity contribution in [3.63, 3.8) is 0 Å². The third kappa shape index (κ3) is 4.61. The molecule has 2 aromatic carbocycles. The second kappa shape index (κ2) is 9.46. The lowest BCUT2D eigenvalue weighted by molar-refractivity contribution is -0.130. The van der Waals surface area contributed by atoms with Crippen LogP contribution < -0.4 is 15.4 Å². The summed E-state index contributed by atoms with van der Waals surface area (Å²) in [5.74, 6) is 0.267. The maximum absolute atomic E-state index is 13.0. The number of carbonyl (C=O) groups excluding carboxylic acids is 2. The van der Waals surface area contributed by atoms with Crippen molar-refractivity contribution in [1.29, 1.82) is 0 Å². The van der Waals surface area contributed by atoms with Gasteiger partial charge in [-0.25, -0.2) is 4.68 Å². The van der Waals surface area contributed by atoms with Crippen LogP contribution in [-0.4, -0.2) is 53.2 Å². The number of carbonyl (C=O) groups is 2. The van der Waals surface area contributed by atoms with Gasteiger partial charge in [-0.1, -0.05) is 24.3 Å². The third-order valence-electron chi connectivity index (χ3n) is 5.91. The molecule has 8 heteroatoms. The Labute approximate surface area is 193 Å². The standard InChI is InChI=1S/C25H29N5O3/c1-16-10-11-21(33-4)20(14-16)27-22(31)15-29-13-12-26-25(32)24(29)23-17(2)28-30(18(23)3)19-8-6-5-7-9-19/h5-11,14,24H,12-13,15H2,1-4H3,(H,26,32)(H,27,31)/t24-/m1/s1. The highest BCUT2D eigenvalue weighted by atomic mass is 16.5. The quantitative estimate of drug-likeness (QED) is 0.607. The molecular formula is C25H29N5O3. The van der Waals surface area contributed by atoms with Gasteiger partial charge in [0.15, 0.2) is 0 Å². The molecule has 0 saturated carbocycles. The van der Waals surface area contributed by atoms with E-state index < -0.39 is 6.04 Å². The maximum atomic E-state index is 13.0. The summed E-state index contributed by atoms with van der Waals surface area (Å²) in [6.07, 6.45) is 0. The van der Waals surface area contributed by atoms with E-state index in [1.54, 1.807) is 7.11 Å².